The van der Waals surface area contributed by atoms with Crippen molar-refractivity contribution in [1.29, 1.82) is 0 Å². The van der Waals surface area contributed by atoms with E-state index in [0.717, 1.165) is 27.8 Å². The monoisotopic (exact) mass is 419 g/mol. The first-order chi connectivity index (χ1) is 15.5. The molecule has 0 saturated heterocycles. The van der Waals surface area contributed by atoms with Gasteiger partial charge in [0.25, 0.3) is 0 Å². The van der Waals surface area contributed by atoms with E-state index < -0.39 is 5.41 Å². The van der Waals surface area contributed by atoms with Crippen LogP contribution in [0.4, 0.5) is 0 Å². The molecule has 0 heterocycles. The average molecular weight is 420 g/mol. The van der Waals surface area contributed by atoms with Crippen LogP contribution in [-0.2, 0) is 10.2 Å². The Kier molecular flexibility index (Phi) is 6.23. The largest absolute Gasteiger partial charge is 0.344 e. The van der Waals surface area contributed by atoms with Gasteiger partial charge in [0, 0.05) is 0 Å². The Morgan fingerprint density at radius 1 is 0.719 bits per heavy atom. The van der Waals surface area contributed by atoms with Gasteiger partial charge in [0.05, 0.1) is 11.5 Å². The quantitative estimate of drug-likeness (QED) is 0.379. The van der Waals surface area contributed by atoms with E-state index in [0.29, 0.717) is 0 Å². The summed E-state index contributed by atoms with van der Waals surface area (Å²) in [4.78, 5) is 14.1. The zero-order valence-corrected chi connectivity index (χ0v) is 18.9. The Balaban J connectivity index is 1.82. The summed E-state index contributed by atoms with van der Waals surface area (Å²) in [6.07, 6.45) is 0. The van der Waals surface area contributed by atoms with Gasteiger partial charge in [0.1, 0.15) is 0 Å². The van der Waals surface area contributed by atoms with Crippen LogP contribution in [0.2, 0.25) is 0 Å². The summed E-state index contributed by atoms with van der Waals surface area (Å²) in [6, 6.07) is 36.4. The Hall–Kier alpha value is -3.65. The van der Waals surface area contributed by atoms with Gasteiger partial charge in [-0.15, -0.1) is 0 Å². The van der Waals surface area contributed by atoms with Crippen molar-refractivity contribution in [2.75, 3.05) is 0 Å². The maximum atomic E-state index is 14.1. The molecule has 0 bridgehead atoms. The lowest BCUT2D eigenvalue weighted by atomic mass is 9.75. The molecule has 0 fully saturated rings. The number of nitrogens with one attached hydrogen (secondary N) is 1. The summed E-state index contributed by atoms with van der Waals surface area (Å²) >= 11 is 0. The van der Waals surface area contributed by atoms with E-state index in [-0.39, 0.29) is 11.9 Å². The van der Waals surface area contributed by atoms with Crippen LogP contribution in [0.1, 0.15) is 46.3 Å². The van der Waals surface area contributed by atoms with E-state index in [2.05, 4.69) is 49.5 Å². The molecule has 1 atom stereocenters. The molecular formula is C30H29NO. The first-order valence-corrected chi connectivity index (χ1v) is 11.0. The molecule has 0 aliphatic rings. The van der Waals surface area contributed by atoms with Gasteiger partial charge in [-0.25, -0.2) is 0 Å². The fourth-order valence-corrected chi connectivity index (χ4v) is 4.30. The van der Waals surface area contributed by atoms with Crippen LogP contribution in [0.15, 0.2) is 109 Å². The smallest absolute Gasteiger partial charge is 0.235 e. The predicted molar refractivity (Wildman–Crippen MR) is 132 cm³/mol. The zero-order chi connectivity index (χ0) is 22.6. The predicted octanol–water partition coefficient (Wildman–Crippen LogP) is 6.52. The van der Waals surface area contributed by atoms with Gasteiger partial charge in [0.15, 0.2) is 0 Å². The minimum Gasteiger partial charge on any atom is -0.344 e. The molecule has 0 saturated carbocycles. The third-order valence-electron chi connectivity index (χ3n) is 6.31. The van der Waals surface area contributed by atoms with E-state index in [1.54, 1.807) is 0 Å². The molecule has 4 aromatic carbocycles. The second-order valence-electron chi connectivity index (χ2n) is 8.53. The standard InChI is InChI=1S/C30H29NO/c1-22-19-20-23(2)27(21-22)28(24-13-7-4-8-14-24)31-29(32)30(3,25-15-9-5-10-16-25)26-17-11-6-12-18-26/h4-21,28H,1-3H3,(H,31,32)/t28-/m0/s1. The lowest BCUT2D eigenvalue weighted by Crippen LogP contribution is -2.45. The molecule has 0 radical (unpaired) electrons. The van der Waals surface area contributed by atoms with Crippen molar-refractivity contribution in [1.82, 2.24) is 5.32 Å². The van der Waals surface area contributed by atoms with Crippen molar-refractivity contribution in [3.05, 3.63) is 143 Å². The molecule has 2 nitrogen and oxygen atoms in total. The normalized spacial score (nSPS) is 12.2. The summed E-state index contributed by atoms with van der Waals surface area (Å²) in [5.41, 5.74) is 5.63. The third kappa shape index (κ3) is 4.22. The summed E-state index contributed by atoms with van der Waals surface area (Å²) in [5, 5.41) is 3.42. The molecule has 1 amide bonds. The fraction of sp³-hybridized carbons (Fsp3) is 0.167. The van der Waals surface area contributed by atoms with Gasteiger partial charge in [-0.05, 0) is 48.6 Å². The van der Waals surface area contributed by atoms with Crippen LogP contribution in [0.25, 0.3) is 0 Å². The molecule has 32 heavy (non-hydrogen) atoms. The molecule has 0 aliphatic carbocycles. The van der Waals surface area contributed by atoms with Crippen molar-refractivity contribution in [2.45, 2.75) is 32.2 Å². The molecular weight excluding hydrogens is 390 g/mol. The van der Waals surface area contributed by atoms with Crippen molar-refractivity contribution >= 4 is 5.91 Å². The molecule has 160 valence electrons. The van der Waals surface area contributed by atoms with Crippen molar-refractivity contribution in [3.63, 3.8) is 0 Å². The molecule has 0 aromatic heterocycles. The maximum absolute atomic E-state index is 14.1. The number of carbonyl (C=O) groups excluding carboxylic acids is 1. The molecule has 4 aromatic rings. The average Bonchev–Trinajstić information content (AvgIpc) is 2.85. The molecule has 1 N–H and O–H groups in total. The summed E-state index contributed by atoms with van der Waals surface area (Å²) < 4.78 is 0. The number of rotatable bonds is 6. The van der Waals surface area contributed by atoms with Crippen molar-refractivity contribution in [2.24, 2.45) is 0 Å². The van der Waals surface area contributed by atoms with E-state index in [4.69, 9.17) is 0 Å². The van der Waals surface area contributed by atoms with Crippen LogP contribution in [0.5, 0.6) is 0 Å². The fourth-order valence-electron chi connectivity index (χ4n) is 4.30. The van der Waals surface area contributed by atoms with E-state index in [1.165, 1.54) is 5.56 Å². The Labute approximate surface area is 191 Å². The number of carbonyl (C=O) groups is 1. The first-order valence-electron chi connectivity index (χ1n) is 11.0. The van der Waals surface area contributed by atoms with Gasteiger partial charge >= 0.3 is 0 Å². The Morgan fingerprint density at radius 2 is 1.22 bits per heavy atom. The highest BCUT2D eigenvalue weighted by atomic mass is 16.2. The Bertz CT molecular complexity index is 1140. The topological polar surface area (TPSA) is 29.1 Å². The highest BCUT2D eigenvalue weighted by Crippen LogP contribution is 2.34. The highest BCUT2D eigenvalue weighted by Gasteiger charge is 2.38. The van der Waals surface area contributed by atoms with Crippen molar-refractivity contribution < 1.29 is 4.79 Å². The summed E-state index contributed by atoms with van der Waals surface area (Å²) in [5.74, 6) is -0.0235. The highest BCUT2D eigenvalue weighted by molar-refractivity contribution is 5.92. The third-order valence-corrected chi connectivity index (χ3v) is 6.31. The minimum absolute atomic E-state index is 0.0235. The van der Waals surface area contributed by atoms with Crippen LogP contribution in [-0.4, -0.2) is 5.91 Å². The zero-order valence-electron chi connectivity index (χ0n) is 18.9. The van der Waals surface area contributed by atoms with E-state index in [9.17, 15) is 4.79 Å². The van der Waals surface area contributed by atoms with Gasteiger partial charge in [-0.2, -0.15) is 0 Å². The van der Waals surface area contributed by atoms with E-state index in [1.807, 2.05) is 85.8 Å². The van der Waals surface area contributed by atoms with Crippen molar-refractivity contribution in [3.8, 4) is 0 Å². The van der Waals surface area contributed by atoms with Crippen LogP contribution >= 0.6 is 0 Å². The lowest BCUT2D eigenvalue weighted by Gasteiger charge is -2.32. The molecule has 0 aliphatic heterocycles. The van der Waals surface area contributed by atoms with Gasteiger partial charge < -0.3 is 5.32 Å². The number of hydrogen-bond acceptors (Lipinski definition) is 1. The molecule has 2 heteroatoms. The lowest BCUT2D eigenvalue weighted by molar-refractivity contribution is -0.125. The van der Waals surface area contributed by atoms with Crippen LogP contribution in [0, 0.1) is 13.8 Å². The SMILES string of the molecule is Cc1ccc(C)c([C@@H](NC(=O)C(C)(c2ccccc2)c2ccccc2)c2ccccc2)c1. The second kappa shape index (κ2) is 9.23. The number of aryl methyl sites for hydroxylation is 2. The number of benzene rings is 4. The van der Waals surface area contributed by atoms with Crippen LogP contribution < -0.4 is 5.32 Å². The van der Waals surface area contributed by atoms with Crippen LogP contribution in [0.3, 0.4) is 0 Å². The Morgan fingerprint density at radius 3 is 1.75 bits per heavy atom. The van der Waals surface area contributed by atoms with E-state index >= 15 is 0 Å². The summed E-state index contributed by atoms with van der Waals surface area (Å²) in [6.45, 7) is 6.20. The number of hydrogen-bond donors (Lipinski definition) is 1. The van der Waals surface area contributed by atoms with Gasteiger partial charge in [-0.1, -0.05) is 115 Å². The summed E-state index contributed by atoms with van der Waals surface area (Å²) in [7, 11) is 0. The first kappa shape index (κ1) is 21.6. The van der Waals surface area contributed by atoms with Gasteiger partial charge in [0.2, 0.25) is 5.91 Å². The maximum Gasteiger partial charge on any atom is 0.235 e. The van der Waals surface area contributed by atoms with Gasteiger partial charge in [-0.3, -0.25) is 4.79 Å². The number of amides is 1. The second-order valence-corrected chi connectivity index (χ2v) is 8.53. The molecule has 0 spiro atoms. The molecule has 0 unspecified atom stereocenters. The molecule has 4 rings (SSSR count). The minimum atomic E-state index is -0.826.